The molecule has 1 N–H and O–H groups in total. The molecule has 0 spiro atoms. The van der Waals surface area contributed by atoms with Crippen LogP contribution in [0.15, 0.2) is 0 Å². The van der Waals surface area contributed by atoms with Gasteiger partial charge in [0.25, 0.3) is 0 Å². The maximum Gasteiger partial charge on any atom is 0.105 e. The van der Waals surface area contributed by atoms with Gasteiger partial charge in [-0.1, -0.05) is 19.8 Å². The highest BCUT2D eigenvalue weighted by Crippen LogP contribution is 2.23. The molecule has 0 aromatic heterocycles. The van der Waals surface area contributed by atoms with Crippen LogP contribution < -0.4 is 5.32 Å². The fourth-order valence-corrected chi connectivity index (χ4v) is 2.30. The minimum absolute atomic E-state index is 0.374. The molecular formula is C11H21NO2. The summed E-state index contributed by atoms with van der Waals surface area (Å²) in [6.45, 7) is 4.81. The van der Waals surface area contributed by atoms with E-state index in [1.54, 1.807) is 0 Å². The Morgan fingerprint density at radius 3 is 2.71 bits per heavy atom. The minimum atomic E-state index is 0.374. The van der Waals surface area contributed by atoms with Crippen molar-refractivity contribution in [2.24, 2.45) is 0 Å². The van der Waals surface area contributed by atoms with Crippen molar-refractivity contribution in [2.45, 2.75) is 50.9 Å². The molecule has 0 radical (unpaired) electrons. The van der Waals surface area contributed by atoms with Crippen molar-refractivity contribution < 1.29 is 9.47 Å². The van der Waals surface area contributed by atoms with Gasteiger partial charge in [0.2, 0.25) is 0 Å². The van der Waals surface area contributed by atoms with Gasteiger partial charge in [-0.15, -0.1) is 0 Å². The number of rotatable bonds is 4. The second-order valence-corrected chi connectivity index (χ2v) is 4.28. The molecular weight excluding hydrogens is 178 g/mol. The highest BCUT2D eigenvalue weighted by atomic mass is 16.6. The van der Waals surface area contributed by atoms with Crippen molar-refractivity contribution in [1.29, 1.82) is 0 Å². The van der Waals surface area contributed by atoms with Crippen LogP contribution in [0.1, 0.15) is 32.6 Å². The Bertz CT molecular complexity index is 169. The average Bonchev–Trinajstić information content (AvgIpc) is 2.14. The molecule has 0 bridgehead atoms. The fourth-order valence-electron chi connectivity index (χ4n) is 2.30. The maximum absolute atomic E-state index is 6.00. The summed E-state index contributed by atoms with van der Waals surface area (Å²) < 4.78 is 11.1. The van der Waals surface area contributed by atoms with E-state index in [4.69, 9.17) is 9.47 Å². The topological polar surface area (TPSA) is 30.5 Å². The van der Waals surface area contributed by atoms with Crippen LogP contribution in [0, 0.1) is 0 Å². The van der Waals surface area contributed by atoms with Crippen LogP contribution in [-0.2, 0) is 9.47 Å². The van der Waals surface area contributed by atoms with Crippen LogP contribution in [-0.4, -0.2) is 38.0 Å². The second-order valence-electron chi connectivity index (χ2n) is 4.28. The zero-order valence-electron chi connectivity index (χ0n) is 9.00. The van der Waals surface area contributed by atoms with Crippen LogP contribution in [0.3, 0.4) is 0 Å². The van der Waals surface area contributed by atoms with Crippen LogP contribution in [0.2, 0.25) is 0 Å². The van der Waals surface area contributed by atoms with E-state index in [2.05, 4.69) is 12.2 Å². The summed E-state index contributed by atoms with van der Waals surface area (Å²) in [5, 5.41) is 3.52. The minimum Gasteiger partial charge on any atom is -0.376 e. The first kappa shape index (κ1) is 10.4. The molecule has 2 fully saturated rings. The van der Waals surface area contributed by atoms with Gasteiger partial charge in [-0.25, -0.2) is 0 Å². The molecule has 2 aliphatic rings. The third-order valence-electron chi connectivity index (χ3n) is 3.14. The standard InChI is InChI=1S/C11H21NO2/c1-2-12-10-5-3-4-6-11(10)14-9-7-13-8-9/h9-12H,2-8H2,1H3. The summed E-state index contributed by atoms with van der Waals surface area (Å²) in [7, 11) is 0. The van der Waals surface area contributed by atoms with Gasteiger partial charge < -0.3 is 14.8 Å². The lowest BCUT2D eigenvalue weighted by atomic mass is 9.92. The lowest BCUT2D eigenvalue weighted by Gasteiger charge is -2.37. The van der Waals surface area contributed by atoms with E-state index < -0.39 is 0 Å². The highest BCUT2D eigenvalue weighted by Gasteiger charge is 2.30. The van der Waals surface area contributed by atoms with Crippen LogP contribution >= 0.6 is 0 Å². The number of hydrogen-bond acceptors (Lipinski definition) is 3. The van der Waals surface area contributed by atoms with Gasteiger partial charge in [0.15, 0.2) is 0 Å². The Balaban J connectivity index is 1.78. The van der Waals surface area contributed by atoms with Gasteiger partial charge in [-0.05, 0) is 19.4 Å². The molecule has 0 aromatic carbocycles. The van der Waals surface area contributed by atoms with E-state index in [0.29, 0.717) is 18.2 Å². The monoisotopic (exact) mass is 199 g/mol. The molecule has 14 heavy (non-hydrogen) atoms. The Kier molecular flexibility index (Phi) is 3.79. The molecule has 3 heteroatoms. The summed E-state index contributed by atoms with van der Waals surface area (Å²) in [6, 6.07) is 0.578. The van der Waals surface area contributed by atoms with E-state index in [9.17, 15) is 0 Å². The molecule has 2 rings (SSSR count). The molecule has 1 heterocycles. The predicted molar refractivity (Wildman–Crippen MR) is 55.4 cm³/mol. The molecule has 1 saturated heterocycles. The van der Waals surface area contributed by atoms with E-state index >= 15 is 0 Å². The van der Waals surface area contributed by atoms with Gasteiger partial charge in [0, 0.05) is 6.04 Å². The predicted octanol–water partition coefficient (Wildman–Crippen LogP) is 1.32. The molecule has 2 atom stereocenters. The fraction of sp³-hybridized carbons (Fsp3) is 1.00. The van der Waals surface area contributed by atoms with E-state index in [1.807, 2.05) is 0 Å². The summed E-state index contributed by atoms with van der Waals surface area (Å²) in [5.74, 6) is 0. The van der Waals surface area contributed by atoms with Crippen molar-refractivity contribution in [3.05, 3.63) is 0 Å². The lowest BCUT2D eigenvalue weighted by molar-refractivity contribution is -0.165. The van der Waals surface area contributed by atoms with Gasteiger partial charge in [0.05, 0.1) is 19.3 Å². The van der Waals surface area contributed by atoms with E-state index in [0.717, 1.165) is 19.8 Å². The number of ether oxygens (including phenoxy) is 2. The molecule has 0 aromatic rings. The first-order valence-corrected chi connectivity index (χ1v) is 5.86. The molecule has 2 unspecified atom stereocenters. The van der Waals surface area contributed by atoms with Crippen molar-refractivity contribution in [3.63, 3.8) is 0 Å². The summed E-state index contributed by atoms with van der Waals surface area (Å²) >= 11 is 0. The lowest BCUT2D eigenvalue weighted by Crippen LogP contribution is -2.48. The first-order valence-electron chi connectivity index (χ1n) is 5.86. The number of likely N-dealkylation sites (N-methyl/N-ethyl adjacent to an activating group) is 1. The smallest absolute Gasteiger partial charge is 0.105 e. The Morgan fingerprint density at radius 2 is 2.07 bits per heavy atom. The SMILES string of the molecule is CCNC1CCCCC1OC1COC1. The molecule has 1 aliphatic heterocycles. The van der Waals surface area contributed by atoms with Gasteiger partial charge >= 0.3 is 0 Å². The summed E-state index contributed by atoms with van der Waals surface area (Å²) in [6.07, 6.45) is 5.95. The highest BCUT2D eigenvalue weighted by molar-refractivity contribution is 4.83. The number of hydrogen-bond donors (Lipinski definition) is 1. The van der Waals surface area contributed by atoms with Gasteiger partial charge in [0.1, 0.15) is 6.10 Å². The largest absolute Gasteiger partial charge is 0.376 e. The molecule has 1 saturated carbocycles. The van der Waals surface area contributed by atoms with Crippen LogP contribution in [0.4, 0.5) is 0 Å². The first-order chi connectivity index (χ1) is 6.90. The zero-order chi connectivity index (χ0) is 9.80. The molecule has 0 amide bonds. The third-order valence-corrected chi connectivity index (χ3v) is 3.14. The maximum atomic E-state index is 6.00. The van der Waals surface area contributed by atoms with Crippen molar-refractivity contribution in [2.75, 3.05) is 19.8 Å². The Hall–Kier alpha value is -0.120. The van der Waals surface area contributed by atoms with Crippen molar-refractivity contribution in [1.82, 2.24) is 5.32 Å². The normalized spacial score (nSPS) is 34.1. The summed E-state index contributed by atoms with van der Waals surface area (Å²) in [5.41, 5.74) is 0. The van der Waals surface area contributed by atoms with E-state index in [-0.39, 0.29) is 0 Å². The average molecular weight is 199 g/mol. The Morgan fingerprint density at radius 1 is 1.29 bits per heavy atom. The van der Waals surface area contributed by atoms with Crippen molar-refractivity contribution in [3.8, 4) is 0 Å². The second kappa shape index (κ2) is 5.10. The van der Waals surface area contributed by atoms with Gasteiger partial charge in [-0.2, -0.15) is 0 Å². The van der Waals surface area contributed by atoms with Gasteiger partial charge in [-0.3, -0.25) is 0 Å². The van der Waals surface area contributed by atoms with E-state index in [1.165, 1.54) is 25.7 Å². The van der Waals surface area contributed by atoms with Crippen LogP contribution in [0.5, 0.6) is 0 Å². The number of nitrogens with one attached hydrogen (secondary N) is 1. The Labute approximate surface area is 86.2 Å². The summed E-state index contributed by atoms with van der Waals surface area (Å²) in [4.78, 5) is 0. The van der Waals surface area contributed by atoms with Crippen molar-refractivity contribution >= 4 is 0 Å². The molecule has 1 aliphatic carbocycles. The van der Waals surface area contributed by atoms with Crippen LogP contribution in [0.25, 0.3) is 0 Å². The quantitative estimate of drug-likeness (QED) is 0.741. The molecule has 3 nitrogen and oxygen atoms in total. The molecule has 82 valence electrons. The zero-order valence-corrected chi connectivity index (χ0v) is 9.00. The third kappa shape index (κ3) is 2.47.